The number of anilines is 1. The number of rotatable bonds is 6. The topological polar surface area (TPSA) is 121 Å². The Labute approximate surface area is 179 Å². The first-order valence-corrected chi connectivity index (χ1v) is 9.75. The normalized spacial score (nSPS) is 14.9. The smallest absolute Gasteiger partial charge is 0.534 e. The second kappa shape index (κ2) is 8.89. The molecule has 0 bridgehead atoms. The molecule has 2 heterocycles. The summed E-state index contributed by atoms with van der Waals surface area (Å²) in [6.45, 7) is 0.521. The molecule has 9 heteroatoms. The Morgan fingerprint density at radius 1 is 1.16 bits per heavy atom. The van der Waals surface area contributed by atoms with Crippen LogP contribution in [0.5, 0.6) is 5.75 Å². The molecule has 0 aliphatic carbocycles. The summed E-state index contributed by atoms with van der Waals surface area (Å²) in [7, 11) is -1.35. The molecule has 8 nitrogen and oxygen atoms in total. The first-order chi connectivity index (χ1) is 15.0. The number of nitrogens with zero attached hydrogens (tertiary/aromatic N) is 1. The van der Waals surface area contributed by atoms with Crippen LogP contribution < -0.4 is 15.3 Å². The molecule has 0 radical (unpaired) electrons. The van der Waals surface area contributed by atoms with Crippen molar-refractivity contribution >= 4 is 24.7 Å². The van der Waals surface area contributed by atoms with Gasteiger partial charge in [0.15, 0.2) is 0 Å². The number of carboxylic acids is 1. The van der Waals surface area contributed by atoms with Gasteiger partial charge >= 0.3 is 13.1 Å². The van der Waals surface area contributed by atoms with E-state index in [-0.39, 0.29) is 23.6 Å². The van der Waals surface area contributed by atoms with Crippen LogP contribution in [-0.2, 0) is 13.0 Å². The second-order valence-electron chi connectivity index (χ2n) is 7.19. The number of fused-ring (bicyclic) bond motifs is 1. The maximum Gasteiger partial charge on any atom is 0.547 e. The van der Waals surface area contributed by atoms with E-state index in [1.807, 2.05) is 18.2 Å². The van der Waals surface area contributed by atoms with Crippen molar-refractivity contribution in [3.63, 3.8) is 0 Å². The van der Waals surface area contributed by atoms with E-state index >= 15 is 0 Å². The van der Waals surface area contributed by atoms with E-state index in [2.05, 4.69) is 15.6 Å². The summed E-state index contributed by atoms with van der Waals surface area (Å²) in [6.07, 6.45) is 3.67. The summed E-state index contributed by atoms with van der Waals surface area (Å²) in [5, 5.41) is 25.6. The Hall–Kier alpha value is -3.85. The van der Waals surface area contributed by atoms with Gasteiger partial charge in [0.05, 0.1) is 17.2 Å². The molecule has 1 amide bonds. The van der Waals surface area contributed by atoms with Gasteiger partial charge in [0.1, 0.15) is 5.75 Å². The number of carboxylic acid groups (broad SMARTS) is 1. The monoisotopic (exact) mass is 417 g/mol. The van der Waals surface area contributed by atoms with Gasteiger partial charge in [-0.15, -0.1) is 0 Å². The quantitative estimate of drug-likeness (QED) is 0.454. The lowest BCUT2D eigenvalue weighted by molar-refractivity contribution is 0.0693. The van der Waals surface area contributed by atoms with Crippen LogP contribution in [0.3, 0.4) is 0 Å². The average Bonchev–Trinajstić information content (AvgIpc) is 2.78. The third-order valence-electron chi connectivity index (χ3n) is 5.01. The number of carbonyl (C=O) groups excluding carboxylic acids is 1. The second-order valence-corrected chi connectivity index (χ2v) is 7.19. The molecule has 4 rings (SSSR count). The highest BCUT2D eigenvalue weighted by molar-refractivity contribution is 6.47. The lowest BCUT2D eigenvalue weighted by atomic mass is 9.72. The molecule has 0 saturated carbocycles. The standard InChI is InChI=1S/C22H20BN3O5/c27-21(16-6-1-4-14(10-16)12-25-17-7-3-9-24-13-17)26-19-11-15-5-2-8-18(22(28)29)20(15)31-23(19)30/h1-10,13,19,25,30H,11-12H2,(H,26,27)(H,28,29). The highest BCUT2D eigenvalue weighted by atomic mass is 16.5. The van der Waals surface area contributed by atoms with E-state index in [0.29, 0.717) is 17.7 Å². The SMILES string of the molecule is O=C(NC1Cc2cccc(C(=O)O)c2OB1O)c1cccc(CNc2cccnc2)c1. The van der Waals surface area contributed by atoms with Crippen molar-refractivity contribution in [3.05, 3.63) is 89.2 Å². The van der Waals surface area contributed by atoms with Gasteiger partial charge in [0, 0.05) is 24.5 Å². The fourth-order valence-electron chi connectivity index (χ4n) is 3.46. The van der Waals surface area contributed by atoms with Crippen molar-refractivity contribution in [2.75, 3.05) is 5.32 Å². The van der Waals surface area contributed by atoms with Crippen LogP contribution >= 0.6 is 0 Å². The molecule has 1 atom stereocenters. The molecule has 31 heavy (non-hydrogen) atoms. The highest BCUT2D eigenvalue weighted by Crippen LogP contribution is 2.30. The third kappa shape index (κ3) is 4.67. The van der Waals surface area contributed by atoms with Gasteiger partial charge < -0.3 is 25.4 Å². The van der Waals surface area contributed by atoms with E-state index in [9.17, 15) is 19.7 Å². The van der Waals surface area contributed by atoms with Crippen molar-refractivity contribution in [2.45, 2.75) is 18.9 Å². The van der Waals surface area contributed by atoms with Crippen molar-refractivity contribution in [1.29, 1.82) is 0 Å². The minimum atomic E-state index is -1.35. The molecule has 3 aromatic rings. The van der Waals surface area contributed by atoms with Gasteiger partial charge in [0.2, 0.25) is 0 Å². The van der Waals surface area contributed by atoms with E-state index in [1.54, 1.807) is 42.7 Å². The molecular weight excluding hydrogens is 397 g/mol. The number of aromatic nitrogens is 1. The molecule has 1 unspecified atom stereocenters. The van der Waals surface area contributed by atoms with Crippen molar-refractivity contribution in [1.82, 2.24) is 10.3 Å². The van der Waals surface area contributed by atoms with Crippen LogP contribution in [-0.4, -0.2) is 40.1 Å². The minimum Gasteiger partial charge on any atom is -0.534 e. The lowest BCUT2D eigenvalue weighted by Gasteiger charge is -2.28. The van der Waals surface area contributed by atoms with Crippen LogP contribution in [0.25, 0.3) is 0 Å². The van der Waals surface area contributed by atoms with Crippen molar-refractivity contribution < 1.29 is 24.4 Å². The number of aromatic carboxylic acids is 1. The number of carbonyl (C=O) groups is 2. The molecule has 1 aromatic heterocycles. The molecule has 1 aliphatic heterocycles. The summed E-state index contributed by atoms with van der Waals surface area (Å²) < 4.78 is 5.43. The van der Waals surface area contributed by atoms with Crippen LogP contribution in [0.1, 0.15) is 31.8 Å². The van der Waals surface area contributed by atoms with E-state index in [4.69, 9.17) is 4.65 Å². The zero-order valence-corrected chi connectivity index (χ0v) is 16.5. The molecule has 156 valence electrons. The molecule has 0 spiro atoms. The third-order valence-corrected chi connectivity index (χ3v) is 5.01. The Bertz CT molecular complexity index is 1110. The average molecular weight is 417 g/mol. The molecule has 4 N–H and O–H groups in total. The van der Waals surface area contributed by atoms with E-state index < -0.39 is 19.0 Å². The van der Waals surface area contributed by atoms with Crippen LogP contribution in [0.15, 0.2) is 67.0 Å². The minimum absolute atomic E-state index is 0.0184. The molecule has 1 aliphatic rings. The summed E-state index contributed by atoms with van der Waals surface area (Å²) in [6, 6.07) is 15.6. The van der Waals surface area contributed by atoms with E-state index in [0.717, 1.165) is 11.3 Å². The maximum atomic E-state index is 12.8. The van der Waals surface area contributed by atoms with Gasteiger partial charge in [-0.25, -0.2) is 4.79 Å². The maximum absolute atomic E-state index is 12.8. The Morgan fingerprint density at radius 3 is 2.77 bits per heavy atom. The van der Waals surface area contributed by atoms with Crippen LogP contribution in [0.4, 0.5) is 5.69 Å². The summed E-state index contributed by atoms with van der Waals surface area (Å²) in [5.74, 6) is -2.06. The predicted molar refractivity (Wildman–Crippen MR) is 115 cm³/mol. The fourth-order valence-corrected chi connectivity index (χ4v) is 3.46. The Balaban J connectivity index is 1.44. The van der Waals surface area contributed by atoms with Crippen LogP contribution in [0.2, 0.25) is 0 Å². The Morgan fingerprint density at radius 2 is 2.00 bits per heavy atom. The lowest BCUT2D eigenvalue weighted by Crippen LogP contribution is -2.53. The van der Waals surface area contributed by atoms with Gasteiger partial charge in [-0.2, -0.15) is 0 Å². The number of hydrogen-bond acceptors (Lipinski definition) is 6. The first-order valence-electron chi connectivity index (χ1n) is 9.75. The highest BCUT2D eigenvalue weighted by Gasteiger charge is 2.37. The molecule has 2 aromatic carbocycles. The van der Waals surface area contributed by atoms with Crippen molar-refractivity contribution in [3.8, 4) is 5.75 Å². The van der Waals surface area contributed by atoms with Gasteiger partial charge in [0.25, 0.3) is 5.91 Å². The van der Waals surface area contributed by atoms with Gasteiger partial charge in [-0.1, -0.05) is 24.3 Å². The summed E-state index contributed by atoms with van der Waals surface area (Å²) in [4.78, 5) is 28.2. The number of pyridine rings is 1. The number of nitrogens with one attached hydrogen (secondary N) is 2. The Kier molecular flexibility index (Phi) is 5.86. The summed E-state index contributed by atoms with van der Waals surface area (Å²) in [5.41, 5.74) is 2.83. The molecule has 0 saturated heterocycles. The zero-order chi connectivity index (χ0) is 21.8. The first kappa shape index (κ1) is 20.4. The molecule has 0 fully saturated rings. The predicted octanol–water partition coefficient (Wildman–Crippen LogP) is 2.15. The van der Waals surface area contributed by atoms with Crippen LogP contribution in [0, 0.1) is 0 Å². The number of hydrogen-bond donors (Lipinski definition) is 4. The van der Waals surface area contributed by atoms with Gasteiger partial charge in [-0.05, 0) is 47.9 Å². The van der Waals surface area contributed by atoms with Gasteiger partial charge in [-0.3, -0.25) is 9.78 Å². The van der Waals surface area contributed by atoms with E-state index in [1.165, 1.54) is 6.07 Å². The number of amides is 1. The van der Waals surface area contributed by atoms with Crippen molar-refractivity contribution in [2.24, 2.45) is 0 Å². The fraction of sp³-hybridized carbons (Fsp3) is 0.136. The number of benzene rings is 2. The number of para-hydroxylation sites is 1. The molecular formula is C22H20BN3O5. The largest absolute Gasteiger partial charge is 0.547 e. The summed E-state index contributed by atoms with van der Waals surface area (Å²) >= 11 is 0. The zero-order valence-electron chi connectivity index (χ0n) is 16.5.